The van der Waals surface area contributed by atoms with E-state index in [0.717, 1.165) is 25.9 Å². The van der Waals surface area contributed by atoms with Crippen molar-refractivity contribution < 1.29 is 8.42 Å². The van der Waals surface area contributed by atoms with Crippen molar-refractivity contribution in [3.63, 3.8) is 0 Å². The standard InChI is InChI=1S/C14H30N2O2S/c1-5-9-19(17,18)10-8-16-12-14(4,7-3)15-11-13(16)6-2/h13,15H,5-12H2,1-4H3. The molecule has 1 heterocycles. The average molecular weight is 290 g/mol. The van der Waals surface area contributed by atoms with Crippen molar-refractivity contribution in [3.8, 4) is 0 Å². The van der Waals surface area contributed by atoms with Gasteiger partial charge in [-0.1, -0.05) is 20.8 Å². The zero-order chi connectivity index (χ0) is 14.5. The second-order valence-corrected chi connectivity index (χ2v) is 8.28. The highest BCUT2D eigenvalue weighted by molar-refractivity contribution is 7.91. The molecule has 1 aliphatic heterocycles. The smallest absolute Gasteiger partial charge is 0.151 e. The Bertz CT molecular complexity index is 370. The Balaban J connectivity index is 2.62. The van der Waals surface area contributed by atoms with Crippen molar-refractivity contribution in [2.24, 2.45) is 0 Å². The molecule has 0 aromatic heterocycles. The lowest BCUT2D eigenvalue weighted by Gasteiger charge is -2.46. The van der Waals surface area contributed by atoms with Gasteiger partial charge in [-0.3, -0.25) is 4.90 Å². The molecule has 0 saturated carbocycles. The number of hydrogen-bond acceptors (Lipinski definition) is 4. The maximum Gasteiger partial charge on any atom is 0.151 e. The van der Waals surface area contributed by atoms with Gasteiger partial charge in [-0.2, -0.15) is 0 Å². The molecule has 2 atom stereocenters. The topological polar surface area (TPSA) is 49.4 Å². The van der Waals surface area contributed by atoms with E-state index >= 15 is 0 Å². The minimum absolute atomic E-state index is 0.125. The lowest BCUT2D eigenvalue weighted by Crippen LogP contribution is -2.63. The van der Waals surface area contributed by atoms with Crippen LogP contribution in [0.25, 0.3) is 0 Å². The largest absolute Gasteiger partial charge is 0.309 e. The monoisotopic (exact) mass is 290 g/mol. The minimum Gasteiger partial charge on any atom is -0.309 e. The summed E-state index contributed by atoms with van der Waals surface area (Å²) in [7, 11) is -2.87. The van der Waals surface area contributed by atoms with Crippen LogP contribution in [0.15, 0.2) is 0 Å². The zero-order valence-electron chi connectivity index (χ0n) is 12.9. The summed E-state index contributed by atoms with van der Waals surface area (Å²) in [4.78, 5) is 2.37. The average Bonchev–Trinajstić information content (AvgIpc) is 2.37. The fraction of sp³-hybridized carbons (Fsp3) is 1.00. The van der Waals surface area contributed by atoms with Gasteiger partial charge < -0.3 is 5.32 Å². The molecule has 1 N–H and O–H groups in total. The molecule has 0 radical (unpaired) electrons. The quantitative estimate of drug-likeness (QED) is 0.775. The van der Waals surface area contributed by atoms with Crippen LogP contribution in [0.1, 0.15) is 47.0 Å². The molecule has 0 aliphatic carbocycles. The van der Waals surface area contributed by atoms with E-state index in [1.165, 1.54) is 0 Å². The molecule has 1 rings (SSSR count). The van der Waals surface area contributed by atoms with Crippen molar-refractivity contribution in [2.45, 2.75) is 58.5 Å². The highest BCUT2D eigenvalue weighted by Gasteiger charge is 2.33. The molecule has 5 heteroatoms. The Kier molecular flexibility index (Phi) is 6.27. The van der Waals surface area contributed by atoms with E-state index in [9.17, 15) is 8.42 Å². The van der Waals surface area contributed by atoms with Crippen molar-refractivity contribution in [1.29, 1.82) is 0 Å². The Labute approximate surface area is 118 Å². The van der Waals surface area contributed by atoms with Crippen LogP contribution in [0.3, 0.4) is 0 Å². The molecule has 1 saturated heterocycles. The molecule has 2 unspecified atom stereocenters. The maximum atomic E-state index is 11.9. The van der Waals surface area contributed by atoms with Gasteiger partial charge in [-0.25, -0.2) is 8.42 Å². The Morgan fingerprint density at radius 3 is 2.47 bits per heavy atom. The molecular formula is C14H30N2O2S. The first kappa shape index (κ1) is 16.9. The molecular weight excluding hydrogens is 260 g/mol. The van der Waals surface area contributed by atoms with Crippen molar-refractivity contribution in [3.05, 3.63) is 0 Å². The summed E-state index contributed by atoms with van der Waals surface area (Å²) >= 11 is 0. The van der Waals surface area contributed by atoms with Crippen LogP contribution >= 0.6 is 0 Å². The fourth-order valence-corrected chi connectivity index (χ4v) is 4.04. The summed E-state index contributed by atoms with van der Waals surface area (Å²) in [5.41, 5.74) is 0.125. The van der Waals surface area contributed by atoms with E-state index in [1.54, 1.807) is 0 Å². The number of hydrogen-bond donors (Lipinski definition) is 1. The van der Waals surface area contributed by atoms with E-state index in [1.807, 2.05) is 6.92 Å². The Hall–Kier alpha value is -0.130. The molecule has 0 aromatic carbocycles. The first-order chi connectivity index (χ1) is 8.86. The number of nitrogens with one attached hydrogen (secondary N) is 1. The van der Waals surface area contributed by atoms with Gasteiger partial charge in [-0.05, 0) is 26.2 Å². The summed E-state index contributed by atoms with van der Waals surface area (Å²) in [6.07, 6.45) is 2.86. The highest BCUT2D eigenvalue weighted by Crippen LogP contribution is 2.20. The Morgan fingerprint density at radius 1 is 1.26 bits per heavy atom. The van der Waals surface area contributed by atoms with Gasteiger partial charge >= 0.3 is 0 Å². The van der Waals surface area contributed by atoms with Crippen LogP contribution in [0, 0.1) is 0 Å². The number of rotatable bonds is 7. The highest BCUT2D eigenvalue weighted by atomic mass is 32.2. The van der Waals surface area contributed by atoms with Gasteiger partial charge in [0.05, 0.1) is 5.75 Å². The molecule has 0 aromatic rings. The van der Waals surface area contributed by atoms with Gasteiger partial charge in [-0.15, -0.1) is 0 Å². The molecule has 1 aliphatic rings. The van der Waals surface area contributed by atoms with E-state index in [-0.39, 0.29) is 5.54 Å². The lowest BCUT2D eigenvalue weighted by atomic mass is 9.93. The first-order valence-corrected chi connectivity index (χ1v) is 9.37. The van der Waals surface area contributed by atoms with E-state index < -0.39 is 9.84 Å². The second-order valence-electron chi connectivity index (χ2n) is 5.98. The maximum absolute atomic E-state index is 11.9. The molecule has 114 valence electrons. The normalized spacial score (nSPS) is 29.6. The molecule has 0 spiro atoms. The number of piperazine rings is 1. The van der Waals surface area contributed by atoms with Gasteiger partial charge in [0, 0.05) is 37.0 Å². The third kappa shape index (κ3) is 5.04. The zero-order valence-corrected chi connectivity index (χ0v) is 13.7. The summed E-state index contributed by atoms with van der Waals surface area (Å²) in [5, 5.41) is 3.61. The SMILES string of the molecule is CCCS(=O)(=O)CCN1CC(C)(CC)NCC1CC. The van der Waals surface area contributed by atoms with Gasteiger partial charge in [0.25, 0.3) is 0 Å². The fourth-order valence-electron chi connectivity index (χ4n) is 2.70. The predicted molar refractivity (Wildman–Crippen MR) is 81.3 cm³/mol. The lowest BCUT2D eigenvalue weighted by molar-refractivity contribution is 0.0880. The van der Waals surface area contributed by atoms with Crippen molar-refractivity contribution >= 4 is 9.84 Å². The third-order valence-electron chi connectivity index (χ3n) is 4.29. The van der Waals surface area contributed by atoms with Crippen molar-refractivity contribution in [2.75, 3.05) is 31.1 Å². The predicted octanol–water partition coefficient (Wildman–Crippen LogP) is 1.66. The minimum atomic E-state index is -2.87. The van der Waals surface area contributed by atoms with Crippen LogP contribution < -0.4 is 5.32 Å². The van der Waals surface area contributed by atoms with Crippen LogP contribution in [0.5, 0.6) is 0 Å². The van der Waals surface area contributed by atoms with Crippen LogP contribution in [0.4, 0.5) is 0 Å². The van der Waals surface area contributed by atoms with E-state index in [4.69, 9.17) is 0 Å². The summed E-state index contributed by atoms with van der Waals surface area (Å²) in [6.45, 7) is 11.1. The number of nitrogens with zero attached hydrogens (tertiary/aromatic N) is 1. The van der Waals surface area contributed by atoms with Crippen LogP contribution in [0.2, 0.25) is 0 Å². The molecule has 0 amide bonds. The van der Waals surface area contributed by atoms with Gasteiger partial charge in [0.1, 0.15) is 0 Å². The van der Waals surface area contributed by atoms with E-state index in [2.05, 4.69) is 31.0 Å². The Morgan fingerprint density at radius 2 is 1.95 bits per heavy atom. The van der Waals surface area contributed by atoms with Gasteiger partial charge in [0.15, 0.2) is 9.84 Å². The summed E-state index contributed by atoms with van der Waals surface area (Å²) < 4.78 is 23.7. The number of sulfone groups is 1. The third-order valence-corrected chi connectivity index (χ3v) is 6.12. The molecule has 19 heavy (non-hydrogen) atoms. The molecule has 1 fully saturated rings. The molecule has 0 bridgehead atoms. The van der Waals surface area contributed by atoms with Crippen molar-refractivity contribution in [1.82, 2.24) is 10.2 Å². The molecule has 4 nitrogen and oxygen atoms in total. The van der Waals surface area contributed by atoms with Crippen LogP contribution in [-0.4, -0.2) is 56.0 Å². The van der Waals surface area contributed by atoms with Crippen LogP contribution in [-0.2, 0) is 9.84 Å². The summed E-state index contributed by atoms with van der Waals surface area (Å²) in [6, 6.07) is 0.469. The first-order valence-electron chi connectivity index (χ1n) is 7.55. The second kappa shape index (κ2) is 7.04. The van der Waals surface area contributed by atoms with E-state index in [0.29, 0.717) is 30.5 Å². The summed E-state index contributed by atoms with van der Waals surface area (Å²) in [5.74, 6) is 0.623. The van der Waals surface area contributed by atoms with Gasteiger partial charge in [0.2, 0.25) is 0 Å².